The number of phenols is 1. The van der Waals surface area contributed by atoms with Crippen LogP contribution in [0.4, 0.5) is 0 Å². The summed E-state index contributed by atoms with van der Waals surface area (Å²) in [6, 6.07) is 6.31. The average molecular weight is 331 g/mol. The Morgan fingerprint density at radius 3 is 2.38 bits per heavy atom. The lowest BCUT2D eigenvalue weighted by Crippen LogP contribution is -2.29. The van der Waals surface area contributed by atoms with Gasteiger partial charge in [0.25, 0.3) is 0 Å². The number of nitrogens with zero attached hydrogens (tertiary/aromatic N) is 1. The van der Waals surface area contributed by atoms with E-state index in [9.17, 15) is 20.1 Å². The molecule has 3 N–H and O–H groups in total. The maximum absolute atomic E-state index is 12.3. The van der Waals surface area contributed by atoms with Crippen LogP contribution in [-0.2, 0) is 11.2 Å². The van der Waals surface area contributed by atoms with Crippen molar-refractivity contribution in [1.82, 2.24) is 0 Å². The molecular weight excluding hydrogens is 306 g/mol. The second-order valence-corrected chi connectivity index (χ2v) is 7.18. The number of rotatable bonds is 5. The van der Waals surface area contributed by atoms with Gasteiger partial charge in [-0.1, -0.05) is 26.0 Å². The summed E-state index contributed by atoms with van der Waals surface area (Å²) in [5.41, 5.74) is 1.44. The molecule has 1 aliphatic rings. The summed E-state index contributed by atoms with van der Waals surface area (Å²) in [5, 5.41) is 29.1. The number of phenolic OH excluding ortho intramolecular Hbond substituents is 1. The molecule has 0 saturated carbocycles. The minimum absolute atomic E-state index is 0.0822. The quantitative estimate of drug-likeness (QED) is 0.724. The van der Waals surface area contributed by atoms with Crippen LogP contribution in [0.1, 0.15) is 39.2 Å². The van der Waals surface area contributed by atoms with Crippen molar-refractivity contribution in [3.63, 3.8) is 0 Å². The summed E-state index contributed by atoms with van der Waals surface area (Å²) >= 11 is 0. The van der Waals surface area contributed by atoms with Gasteiger partial charge in [-0.05, 0) is 36.5 Å². The molecule has 1 aromatic rings. The molecule has 0 radical (unpaired) electrons. The number of carbonyl (C=O) groups excluding carboxylic acids is 1. The first-order chi connectivity index (χ1) is 11.2. The van der Waals surface area contributed by atoms with E-state index in [0.29, 0.717) is 30.5 Å². The van der Waals surface area contributed by atoms with Gasteiger partial charge in [-0.3, -0.25) is 9.79 Å². The Hall–Kier alpha value is -2.14. The van der Waals surface area contributed by atoms with Crippen molar-refractivity contribution in [2.75, 3.05) is 6.61 Å². The lowest BCUT2D eigenvalue weighted by atomic mass is 9.75. The van der Waals surface area contributed by atoms with E-state index in [2.05, 4.69) is 4.99 Å². The number of Topliss-reactive ketones (excluding diaryl/α,β-unsaturated/α-hetero) is 1. The minimum Gasteiger partial charge on any atom is -0.511 e. The fraction of sp³-hybridized carbons (Fsp3) is 0.474. The van der Waals surface area contributed by atoms with Gasteiger partial charge in [-0.15, -0.1) is 0 Å². The Morgan fingerprint density at radius 2 is 1.83 bits per heavy atom. The van der Waals surface area contributed by atoms with Gasteiger partial charge >= 0.3 is 0 Å². The van der Waals surface area contributed by atoms with E-state index in [1.165, 1.54) is 0 Å². The van der Waals surface area contributed by atoms with Crippen LogP contribution in [-0.4, -0.2) is 39.5 Å². The molecule has 0 amide bonds. The molecule has 1 aliphatic carbocycles. The van der Waals surface area contributed by atoms with Crippen LogP contribution in [0.5, 0.6) is 5.75 Å². The number of aliphatic hydroxyl groups is 2. The summed E-state index contributed by atoms with van der Waals surface area (Å²) in [5.74, 6) is 0.162. The number of hydrogen-bond acceptors (Lipinski definition) is 5. The summed E-state index contributed by atoms with van der Waals surface area (Å²) in [6.45, 7) is 5.44. The number of allylic oxidation sites excluding steroid dienone is 2. The van der Waals surface area contributed by atoms with Crippen LogP contribution >= 0.6 is 0 Å². The molecule has 2 rings (SSSR count). The van der Waals surface area contributed by atoms with Crippen LogP contribution in [0.15, 0.2) is 40.6 Å². The summed E-state index contributed by atoms with van der Waals surface area (Å²) < 4.78 is 0. The summed E-state index contributed by atoms with van der Waals surface area (Å²) in [6.07, 6.45) is 1.31. The summed E-state index contributed by atoms with van der Waals surface area (Å²) in [7, 11) is 0. The van der Waals surface area contributed by atoms with Gasteiger partial charge in [0.2, 0.25) is 0 Å². The number of aromatic hydroxyl groups is 1. The van der Waals surface area contributed by atoms with Crippen molar-refractivity contribution in [3.8, 4) is 5.75 Å². The van der Waals surface area contributed by atoms with Crippen molar-refractivity contribution < 1.29 is 20.1 Å². The highest BCUT2D eigenvalue weighted by Crippen LogP contribution is 2.36. The first-order valence-electron chi connectivity index (χ1n) is 8.11. The highest BCUT2D eigenvalue weighted by molar-refractivity contribution is 6.22. The van der Waals surface area contributed by atoms with E-state index in [1.54, 1.807) is 31.2 Å². The molecule has 0 unspecified atom stereocenters. The number of aliphatic imine (C=N–C) groups is 1. The zero-order valence-corrected chi connectivity index (χ0v) is 14.4. The lowest BCUT2D eigenvalue weighted by Gasteiger charge is -2.29. The molecule has 24 heavy (non-hydrogen) atoms. The average Bonchev–Trinajstić information content (AvgIpc) is 2.46. The second kappa shape index (κ2) is 7.18. The third kappa shape index (κ3) is 4.45. The number of benzene rings is 1. The Bertz CT molecular complexity index is 671. The maximum atomic E-state index is 12.3. The highest BCUT2D eigenvalue weighted by Gasteiger charge is 2.34. The van der Waals surface area contributed by atoms with E-state index >= 15 is 0 Å². The van der Waals surface area contributed by atoms with Gasteiger partial charge in [0, 0.05) is 18.6 Å². The van der Waals surface area contributed by atoms with Crippen molar-refractivity contribution >= 4 is 11.5 Å². The van der Waals surface area contributed by atoms with Gasteiger partial charge < -0.3 is 15.3 Å². The second-order valence-electron chi connectivity index (χ2n) is 7.18. The number of ketones is 1. The fourth-order valence-corrected chi connectivity index (χ4v) is 3.09. The van der Waals surface area contributed by atoms with Crippen LogP contribution in [0.25, 0.3) is 0 Å². The Labute approximate surface area is 142 Å². The number of carbonyl (C=O) groups is 1. The normalized spacial score (nSPS) is 19.5. The molecule has 130 valence electrons. The molecule has 0 saturated heterocycles. The molecule has 0 bridgehead atoms. The van der Waals surface area contributed by atoms with Gasteiger partial charge in [0.05, 0.1) is 18.2 Å². The molecular formula is C19H25NO4. The van der Waals surface area contributed by atoms with E-state index in [0.717, 1.165) is 5.56 Å². The SMILES string of the molecule is CC(=N[C@H](CO)Cc1ccc(O)cc1)C1=C(O)CC(C)(C)CC1=O. The minimum atomic E-state index is -0.405. The lowest BCUT2D eigenvalue weighted by molar-refractivity contribution is -0.117. The standard InChI is InChI=1S/C19H25NO4/c1-12(18-16(23)9-19(2,3)10-17(18)24)20-14(11-21)8-13-4-6-15(22)7-5-13/h4-7,14,21-23H,8-11H2,1-3H3/t14-/m0/s1. The predicted molar refractivity (Wildman–Crippen MR) is 93.5 cm³/mol. The van der Waals surface area contributed by atoms with Crippen molar-refractivity contribution in [3.05, 3.63) is 41.2 Å². The molecule has 5 heteroatoms. The predicted octanol–water partition coefficient (Wildman–Crippen LogP) is 2.96. The van der Waals surface area contributed by atoms with Gasteiger partial charge in [-0.2, -0.15) is 0 Å². The molecule has 0 aromatic heterocycles. The molecule has 0 spiro atoms. The van der Waals surface area contributed by atoms with Crippen molar-refractivity contribution in [2.45, 2.75) is 46.1 Å². The van der Waals surface area contributed by atoms with Crippen LogP contribution in [0, 0.1) is 5.41 Å². The monoisotopic (exact) mass is 331 g/mol. The number of aliphatic hydroxyl groups excluding tert-OH is 2. The molecule has 0 aliphatic heterocycles. The van der Waals surface area contributed by atoms with Crippen molar-refractivity contribution in [2.24, 2.45) is 10.4 Å². The Kier molecular flexibility index (Phi) is 5.44. The van der Waals surface area contributed by atoms with E-state index in [1.807, 2.05) is 13.8 Å². The first-order valence-corrected chi connectivity index (χ1v) is 8.11. The zero-order valence-electron chi connectivity index (χ0n) is 14.4. The molecule has 0 fully saturated rings. The maximum Gasteiger partial charge on any atom is 0.168 e. The third-order valence-corrected chi connectivity index (χ3v) is 4.21. The fourth-order valence-electron chi connectivity index (χ4n) is 3.09. The Balaban J connectivity index is 2.21. The van der Waals surface area contributed by atoms with Crippen molar-refractivity contribution in [1.29, 1.82) is 0 Å². The zero-order chi connectivity index (χ0) is 17.9. The summed E-state index contributed by atoms with van der Waals surface area (Å²) in [4.78, 5) is 16.8. The van der Waals surface area contributed by atoms with Crippen LogP contribution < -0.4 is 0 Å². The molecule has 1 aromatic carbocycles. The highest BCUT2D eigenvalue weighted by atomic mass is 16.3. The van der Waals surface area contributed by atoms with E-state index in [-0.39, 0.29) is 29.3 Å². The van der Waals surface area contributed by atoms with Gasteiger partial charge in [-0.25, -0.2) is 0 Å². The topological polar surface area (TPSA) is 90.1 Å². The van der Waals surface area contributed by atoms with Gasteiger partial charge in [0.1, 0.15) is 11.5 Å². The molecule has 5 nitrogen and oxygen atoms in total. The van der Waals surface area contributed by atoms with Gasteiger partial charge in [0.15, 0.2) is 5.78 Å². The molecule has 0 heterocycles. The first kappa shape index (κ1) is 18.2. The third-order valence-electron chi connectivity index (χ3n) is 4.21. The largest absolute Gasteiger partial charge is 0.511 e. The van der Waals surface area contributed by atoms with E-state index < -0.39 is 6.04 Å². The molecule has 1 atom stereocenters. The van der Waals surface area contributed by atoms with Crippen LogP contribution in [0.2, 0.25) is 0 Å². The Morgan fingerprint density at radius 1 is 1.21 bits per heavy atom. The van der Waals surface area contributed by atoms with E-state index in [4.69, 9.17) is 0 Å². The smallest absolute Gasteiger partial charge is 0.168 e. The van der Waals surface area contributed by atoms with Crippen LogP contribution in [0.3, 0.4) is 0 Å². The number of hydrogen-bond donors (Lipinski definition) is 3.